The van der Waals surface area contributed by atoms with Crippen LogP contribution in [-0.4, -0.2) is 6.54 Å². The standard InChI is InChI=1S/C11H15N.ClH/c1-8-3-4-10(9(2)7-8)11-5-6-12-11;/h3-4,7,11-12H,5-6H2,1-2H3;1H/t11-;/m1./s1. The van der Waals surface area contributed by atoms with Gasteiger partial charge in [-0.05, 0) is 37.9 Å². The van der Waals surface area contributed by atoms with Gasteiger partial charge in [0.2, 0.25) is 0 Å². The van der Waals surface area contributed by atoms with E-state index in [-0.39, 0.29) is 12.4 Å². The molecule has 0 radical (unpaired) electrons. The van der Waals surface area contributed by atoms with E-state index in [9.17, 15) is 0 Å². The van der Waals surface area contributed by atoms with Gasteiger partial charge in [0.25, 0.3) is 0 Å². The van der Waals surface area contributed by atoms with Crippen molar-refractivity contribution in [1.29, 1.82) is 0 Å². The van der Waals surface area contributed by atoms with Crippen LogP contribution in [0.2, 0.25) is 0 Å². The predicted molar refractivity (Wildman–Crippen MR) is 58.5 cm³/mol. The average molecular weight is 198 g/mol. The van der Waals surface area contributed by atoms with Crippen molar-refractivity contribution in [1.82, 2.24) is 5.32 Å². The smallest absolute Gasteiger partial charge is 0.0334 e. The largest absolute Gasteiger partial charge is 0.310 e. The summed E-state index contributed by atoms with van der Waals surface area (Å²) in [6, 6.07) is 7.34. The zero-order valence-electron chi connectivity index (χ0n) is 8.13. The van der Waals surface area contributed by atoms with Crippen LogP contribution in [0.1, 0.15) is 29.2 Å². The fourth-order valence-corrected chi connectivity index (χ4v) is 1.77. The zero-order chi connectivity index (χ0) is 8.55. The third-order valence-electron chi connectivity index (χ3n) is 2.62. The third kappa shape index (κ3) is 2.04. The molecule has 13 heavy (non-hydrogen) atoms. The maximum atomic E-state index is 3.42. The molecule has 1 heterocycles. The number of rotatable bonds is 1. The van der Waals surface area contributed by atoms with Crippen LogP contribution in [0, 0.1) is 13.8 Å². The second kappa shape index (κ2) is 4.12. The van der Waals surface area contributed by atoms with E-state index in [1.54, 1.807) is 0 Å². The summed E-state index contributed by atoms with van der Waals surface area (Å²) in [6.45, 7) is 5.52. The molecule has 2 rings (SSSR count). The summed E-state index contributed by atoms with van der Waals surface area (Å²) in [5, 5.41) is 3.42. The Kier molecular flexibility index (Phi) is 3.34. The highest BCUT2D eigenvalue weighted by Crippen LogP contribution is 2.25. The van der Waals surface area contributed by atoms with Gasteiger partial charge >= 0.3 is 0 Å². The molecule has 1 aromatic rings. The van der Waals surface area contributed by atoms with E-state index in [0.29, 0.717) is 6.04 Å². The summed E-state index contributed by atoms with van der Waals surface area (Å²) >= 11 is 0. The first kappa shape index (κ1) is 10.6. The number of hydrogen-bond acceptors (Lipinski definition) is 1. The second-order valence-corrected chi connectivity index (χ2v) is 3.66. The molecule has 1 aliphatic rings. The molecule has 72 valence electrons. The van der Waals surface area contributed by atoms with Crippen LogP contribution in [0.4, 0.5) is 0 Å². The van der Waals surface area contributed by atoms with Crippen molar-refractivity contribution in [3.8, 4) is 0 Å². The molecule has 0 bridgehead atoms. The third-order valence-corrected chi connectivity index (χ3v) is 2.62. The van der Waals surface area contributed by atoms with Gasteiger partial charge in [-0.1, -0.05) is 23.8 Å². The molecule has 0 saturated carbocycles. The van der Waals surface area contributed by atoms with Crippen LogP contribution in [0.25, 0.3) is 0 Å². The first-order chi connectivity index (χ1) is 5.77. The zero-order valence-corrected chi connectivity index (χ0v) is 8.95. The predicted octanol–water partition coefficient (Wildman–Crippen LogP) is 2.76. The molecule has 1 fully saturated rings. The van der Waals surface area contributed by atoms with E-state index in [1.807, 2.05) is 0 Å². The number of aryl methyl sites for hydroxylation is 2. The van der Waals surface area contributed by atoms with Crippen LogP contribution in [0.3, 0.4) is 0 Å². The maximum Gasteiger partial charge on any atom is 0.0334 e. The lowest BCUT2D eigenvalue weighted by molar-refractivity contribution is 0.382. The van der Waals surface area contributed by atoms with E-state index < -0.39 is 0 Å². The van der Waals surface area contributed by atoms with Gasteiger partial charge in [-0.25, -0.2) is 0 Å². The molecule has 2 heteroatoms. The van der Waals surface area contributed by atoms with Crippen molar-refractivity contribution in [2.24, 2.45) is 0 Å². The Balaban J connectivity index is 0.000000845. The minimum absolute atomic E-state index is 0. The topological polar surface area (TPSA) is 12.0 Å². The Morgan fingerprint density at radius 2 is 2.00 bits per heavy atom. The van der Waals surface area contributed by atoms with Crippen LogP contribution < -0.4 is 5.32 Å². The summed E-state index contributed by atoms with van der Waals surface area (Å²) in [5.74, 6) is 0. The van der Waals surface area contributed by atoms with E-state index in [1.165, 1.54) is 29.7 Å². The maximum absolute atomic E-state index is 3.42. The molecular formula is C11H16ClN. The minimum atomic E-state index is 0. The van der Waals surface area contributed by atoms with Gasteiger partial charge in [0.1, 0.15) is 0 Å². The first-order valence-corrected chi connectivity index (χ1v) is 4.58. The Morgan fingerprint density at radius 3 is 2.46 bits per heavy atom. The van der Waals surface area contributed by atoms with Gasteiger partial charge in [-0.2, -0.15) is 0 Å². The Labute approximate surface area is 86.0 Å². The van der Waals surface area contributed by atoms with Crippen LogP contribution in [-0.2, 0) is 0 Å². The van der Waals surface area contributed by atoms with Gasteiger partial charge < -0.3 is 5.32 Å². The molecule has 0 aromatic heterocycles. The number of hydrogen-bond donors (Lipinski definition) is 1. The van der Waals surface area contributed by atoms with Gasteiger partial charge in [-0.3, -0.25) is 0 Å². The quantitative estimate of drug-likeness (QED) is 0.730. The van der Waals surface area contributed by atoms with Gasteiger partial charge in [-0.15, -0.1) is 12.4 Å². The monoisotopic (exact) mass is 197 g/mol. The molecule has 1 N–H and O–H groups in total. The molecule has 0 amide bonds. The normalized spacial score (nSPS) is 20.3. The van der Waals surface area contributed by atoms with Crippen molar-refractivity contribution >= 4 is 12.4 Å². The first-order valence-electron chi connectivity index (χ1n) is 4.58. The summed E-state index contributed by atoms with van der Waals surface area (Å²) in [7, 11) is 0. The van der Waals surface area contributed by atoms with Crippen molar-refractivity contribution < 1.29 is 0 Å². The number of nitrogens with one attached hydrogen (secondary N) is 1. The van der Waals surface area contributed by atoms with Crippen molar-refractivity contribution in [2.45, 2.75) is 26.3 Å². The SMILES string of the molecule is Cc1ccc([C@H]2CCN2)c(C)c1.Cl. The highest BCUT2D eigenvalue weighted by Gasteiger charge is 2.19. The van der Waals surface area contributed by atoms with Crippen molar-refractivity contribution in [3.05, 3.63) is 34.9 Å². The van der Waals surface area contributed by atoms with E-state index in [4.69, 9.17) is 0 Å². The van der Waals surface area contributed by atoms with Gasteiger partial charge in [0.05, 0.1) is 0 Å². The lowest BCUT2D eigenvalue weighted by Gasteiger charge is -2.29. The molecular weight excluding hydrogens is 182 g/mol. The van der Waals surface area contributed by atoms with Crippen LogP contribution in [0.15, 0.2) is 18.2 Å². The lowest BCUT2D eigenvalue weighted by atomic mass is 9.93. The Hall–Kier alpha value is -0.530. The van der Waals surface area contributed by atoms with E-state index in [2.05, 4.69) is 37.4 Å². The van der Waals surface area contributed by atoms with Gasteiger partial charge in [0.15, 0.2) is 0 Å². The fourth-order valence-electron chi connectivity index (χ4n) is 1.77. The summed E-state index contributed by atoms with van der Waals surface area (Å²) in [4.78, 5) is 0. The van der Waals surface area contributed by atoms with Crippen LogP contribution >= 0.6 is 12.4 Å². The second-order valence-electron chi connectivity index (χ2n) is 3.66. The van der Waals surface area contributed by atoms with Crippen LogP contribution in [0.5, 0.6) is 0 Å². The lowest BCUT2D eigenvalue weighted by Crippen LogP contribution is -2.35. The Morgan fingerprint density at radius 1 is 1.31 bits per heavy atom. The van der Waals surface area contributed by atoms with E-state index >= 15 is 0 Å². The molecule has 1 aromatic carbocycles. The molecule has 0 aliphatic carbocycles. The van der Waals surface area contributed by atoms with Crippen molar-refractivity contribution in [2.75, 3.05) is 6.54 Å². The van der Waals surface area contributed by atoms with E-state index in [0.717, 1.165) is 0 Å². The molecule has 1 atom stereocenters. The fraction of sp³-hybridized carbons (Fsp3) is 0.455. The molecule has 1 aliphatic heterocycles. The summed E-state index contributed by atoms with van der Waals surface area (Å²) < 4.78 is 0. The minimum Gasteiger partial charge on any atom is -0.310 e. The molecule has 0 spiro atoms. The summed E-state index contributed by atoms with van der Waals surface area (Å²) in [5.41, 5.74) is 4.26. The highest BCUT2D eigenvalue weighted by atomic mass is 35.5. The average Bonchev–Trinajstić information content (AvgIpc) is 1.91. The highest BCUT2D eigenvalue weighted by molar-refractivity contribution is 5.85. The molecule has 1 saturated heterocycles. The number of benzene rings is 1. The molecule has 0 unspecified atom stereocenters. The van der Waals surface area contributed by atoms with Crippen molar-refractivity contribution in [3.63, 3.8) is 0 Å². The number of halogens is 1. The Bertz CT molecular complexity index is 292. The van der Waals surface area contributed by atoms with Gasteiger partial charge in [0, 0.05) is 6.04 Å². The summed E-state index contributed by atoms with van der Waals surface area (Å²) in [6.07, 6.45) is 1.30. The molecule has 1 nitrogen and oxygen atoms in total.